The number of hydrogen-bond donors (Lipinski definition) is 1. The van der Waals surface area contributed by atoms with Crippen LogP contribution in [-0.2, 0) is 21.2 Å². The Hall–Kier alpha value is -1.35. The summed E-state index contributed by atoms with van der Waals surface area (Å²) in [4.78, 5) is 6.43. The fourth-order valence-corrected chi connectivity index (χ4v) is 4.41. The van der Waals surface area contributed by atoms with E-state index in [4.69, 9.17) is 16.3 Å². The van der Waals surface area contributed by atoms with Crippen molar-refractivity contribution >= 4 is 27.6 Å². The Morgan fingerprint density at radius 3 is 2.43 bits per heavy atom. The summed E-state index contributed by atoms with van der Waals surface area (Å²) in [6, 6.07) is 7.80. The number of sulfonamides is 1. The van der Waals surface area contributed by atoms with Crippen LogP contribution < -0.4 is 5.32 Å². The predicted octanol–water partition coefficient (Wildman–Crippen LogP) is 1.83. The van der Waals surface area contributed by atoms with Crippen LogP contribution in [0.3, 0.4) is 0 Å². The summed E-state index contributed by atoms with van der Waals surface area (Å²) >= 11 is 5.91. The number of aliphatic imine (C=N–C) groups is 1. The summed E-state index contributed by atoms with van der Waals surface area (Å²) in [7, 11) is -1.53. The molecule has 0 aliphatic carbocycles. The van der Waals surface area contributed by atoms with Gasteiger partial charge >= 0.3 is 0 Å². The number of rotatable bonds is 8. The maximum Gasteiger partial charge on any atom is 0.216 e. The lowest BCUT2D eigenvalue weighted by molar-refractivity contribution is 0.0904. The molecule has 1 aromatic rings. The summed E-state index contributed by atoms with van der Waals surface area (Å²) in [6.45, 7) is 6.93. The Kier molecular flexibility index (Phi) is 9.01. The lowest BCUT2D eigenvalue weighted by Gasteiger charge is -2.35. The molecule has 0 spiro atoms. The molecule has 1 aliphatic heterocycles. The summed E-state index contributed by atoms with van der Waals surface area (Å²) in [5.74, 6) is 0.827. The molecule has 1 aromatic carbocycles. The fourth-order valence-electron chi connectivity index (χ4n) is 3.00. The van der Waals surface area contributed by atoms with Gasteiger partial charge in [-0.1, -0.05) is 23.7 Å². The molecular formula is C19H31ClN4O3S. The molecule has 1 heterocycles. The van der Waals surface area contributed by atoms with Crippen LogP contribution in [0.2, 0.25) is 5.02 Å². The van der Waals surface area contributed by atoms with Gasteiger partial charge in [0.25, 0.3) is 0 Å². The number of hydrogen-bond acceptors (Lipinski definition) is 4. The first kappa shape index (κ1) is 22.9. The van der Waals surface area contributed by atoms with Crippen molar-refractivity contribution in [2.45, 2.75) is 26.4 Å². The van der Waals surface area contributed by atoms with Crippen molar-refractivity contribution in [3.63, 3.8) is 0 Å². The van der Waals surface area contributed by atoms with Gasteiger partial charge in [0.2, 0.25) is 10.0 Å². The molecule has 0 amide bonds. The number of halogens is 1. The number of nitrogens with zero attached hydrogens (tertiary/aromatic N) is 3. The van der Waals surface area contributed by atoms with Gasteiger partial charge in [-0.2, -0.15) is 4.31 Å². The van der Waals surface area contributed by atoms with Crippen LogP contribution in [0.5, 0.6) is 0 Å². The van der Waals surface area contributed by atoms with Crippen molar-refractivity contribution in [3.05, 3.63) is 34.9 Å². The Bertz CT molecular complexity index is 730. The maximum atomic E-state index is 12.4. The SMILES string of the molecule is CN=C(NCCc1ccc(Cl)cc1)N1CCN(S(=O)(=O)CCOC(C)C)CC1. The largest absolute Gasteiger partial charge is 0.378 e. The summed E-state index contributed by atoms with van der Waals surface area (Å²) < 4.78 is 31.8. The van der Waals surface area contributed by atoms with Gasteiger partial charge in [-0.3, -0.25) is 4.99 Å². The van der Waals surface area contributed by atoms with Gasteiger partial charge in [0.15, 0.2) is 5.96 Å². The highest BCUT2D eigenvalue weighted by Crippen LogP contribution is 2.11. The molecule has 0 bridgehead atoms. The van der Waals surface area contributed by atoms with Gasteiger partial charge in [-0.05, 0) is 38.0 Å². The van der Waals surface area contributed by atoms with Crippen molar-refractivity contribution in [2.75, 3.05) is 52.1 Å². The van der Waals surface area contributed by atoms with Crippen LogP contribution in [0, 0.1) is 0 Å². The minimum absolute atomic E-state index is 0.0270. The third-order valence-electron chi connectivity index (χ3n) is 4.55. The van der Waals surface area contributed by atoms with E-state index in [0.29, 0.717) is 26.2 Å². The predicted molar refractivity (Wildman–Crippen MR) is 115 cm³/mol. The molecule has 1 fully saturated rings. The first-order valence-electron chi connectivity index (χ1n) is 9.61. The standard InChI is InChI=1S/C19H31ClN4O3S/c1-16(2)27-14-15-28(25,26)24-12-10-23(11-13-24)19(21-3)22-9-8-17-4-6-18(20)7-5-17/h4-7,16H,8-15H2,1-3H3,(H,21,22). The fraction of sp³-hybridized carbons (Fsp3) is 0.632. The summed E-state index contributed by atoms with van der Waals surface area (Å²) in [6.07, 6.45) is 0.898. The molecule has 1 aliphatic rings. The van der Waals surface area contributed by atoms with E-state index in [-0.39, 0.29) is 18.5 Å². The molecule has 1 N–H and O–H groups in total. The molecule has 0 aromatic heterocycles. The minimum atomic E-state index is -3.28. The second-order valence-electron chi connectivity index (χ2n) is 6.97. The van der Waals surface area contributed by atoms with E-state index in [1.54, 1.807) is 11.4 Å². The molecule has 158 valence electrons. The van der Waals surface area contributed by atoms with Crippen molar-refractivity contribution in [2.24, 2.45) is 4.99 Å². The number of piperazine rings is 1. The van der Waals surface area contributed by atoms with Crippen LogP contribution in [-0.4, -0.2) is 81.8 Å². The Balaban J connectivity index is 1.77. The van der Waals surface area contributed by atoms with Crippen molar-refractivity contribution in [1.82, 2.24) is 14.5 Å². The average Bonchev–Trinajstić information content (AvgIpc) is 2.66. The second kappa shape index (κ2) is 11.0. The molecule has 2 rings (SSSR count). The first-order valence-corrected chi connectivity index (χ1v) is 11.6. The highest BCUT2D eigenvalue weighted by molar-refractivity contribution is 7.89. The van der Waals surface area contributed by atoms with Gasteiger partial charge in [0.05, 0.1) is 18.5 Å². The van der Waals surface area contributed by atoms with E-state index in [1.807, 2.05) is 38.1 Å². The van der Waals surface area contributed by atoms with Crippen LogP contribution in [0.25, 0.3) is 0 Å². The van der Waals surface area contributed by atoms with E-state index in [9.17, 15) is 8.42 Å². The van der Waals surface area contributed by atoms with Crippen LogP contribution in [0.1, 0.15) is 19.4 Å². The van der Waals surface area contributed by atoms with Crippen molar-refractivity contribution in [1.29, 1.82) is 0 Å². The number of guanidine groups is 1. The van der Waals surface area contributed by atoms with Crippen molar-refractivity contribution < 1.29 is 13.2 Å². The number of benzene rings is 1. The average molecular weight is 431 g/mol. The normalized spacial score (nSPS) is 16.6. The summed E-state index contributed by atoms with van der Waals surface area (Å²) in [5.41, 5.74) is 1.20. The molecular weight excluding hydrogens is 400 g/mol. The van der Waals surface area contributed by atoms with Gasteiger partial charge < -0.3 is 15.0 Å². The van der Waals surface area contributed by atoms with Crippen molar-refractivity contribution in [3.8, 4) is 0 Å². The van der Waals surface area contributed by atoms with Gasteiger partial charge in [0.1, 0.15) is 0 Å². The Labute approximate surface area is 173 Å². The molecule has 0 saturated carbocycles. The minimum Gasteiger partial charge on any atom is -0.378 e. The molecule has 0 unspecified atom stereocenters. The van der Waals surface area contributed by atoms with E-state index in [1.165, 1.54) is 5.56 Å². The lowest BCUT2D eigenvalue weighted by atomic mass is 10.1. The van der Waals surface area contributed by atoms with E-state index >= 15 is 0 Å². The van der Waals surface area contributed by atoms with Crippen LogP contribution >= 0.6 is 11.6 Å². The van der Waals surface area contributed by atoms with E-state index in [2.05, 4.69) is 15.2 Å². The Morgan fingerprint density at radius 1 is 1.21 bits per heavy atom. The zero-order valence-corrected chi connectivity index (χ0v) is 18.5. The van der Waals surface area contributed by atoms with E-state index in [0.717, 1.165) is 23.9 Å². The molecule has 9 heteroatoms. The second-order valence-corrected chi connectivity index (χ2v) is 9.50. The molecule has 7 nitrogen and oxygen atoms in total. The monoisotopic (exact) mass is 430 g/mol. The first-order chi connectivity index (χ1) is 13.3. The number of nitrogens with one attached hydrogen (secondary N) is 1. The van der Waals surface area contributed by atoms with E-state index < -0.39 is 10.0 Å². The topological polar surface area (TPSA) is 74.2 Å². The molecule has 0 radical (unpaired) electrons. The maximum absolute atomic E-state index is 12.4. The third kappa shape index (κ3) is 7.24. The molecule has 28 heavy (non-hydrogen) atoms. The van der Waals surface area contributed by atoms with Crippen LogP contribution in [0.4, 0.5) is 0 Å². The van der Waals surface area contributed by atoms with Gasteiger partial charge in [-0.15, -0.1) is 0 Å². The van der Waals surface area contributed by atoms with Crippen LogP contribution in [0.15, 0.2) is 29.3 Å². The highest BCUT2D eigenvalue weighted by Gasteiger charge is 2.27. The third-order valence-corrected chi connectivity index (χ3v) is 6.63. The smallest absolute Gasteiger partial charge is 0.216 e. The number of ether oxygens (including phenoxy) is 1. The lowest BCUT2D eigenvalue weighted by Crippen LogP contribution is -2.54. The zero-order chi connectivity index (χ0) is 20.6. The quantitative estimate of drug-likeness (QED) is 0.503. The molecule has 0 atom stereocenters. The van der Waals surface area contributed by atoms with Gasteiger partial charge in [-0.25, -0.2) is 8.42 Å². The highest BCUT2D eigenvalue weighted by atomic mass is 35.5. The Morgan fingerprint density at radius 2 is 1.86 bits per heavy atom. The molecule has 1 saturated heterocycles. The van der Waals surface area contributed by atoms with Gasteiger partial charge in [0, 0.05) is 44.8 Å². The zero-order valence-electron chi connectivity index (χ0n) is 16.9. The summed E-state index contributed by atoms with van der Waals surface area (Å²) in [5, 5.41) is 4.09.